The van der Waals surface area contributed by atoms with Gasteiger partial charge in [0.2, 0.25) is 0 Å². The van der Waals surface area contributed by atoms with Gasteiger partial charge >= 0.3 is 0 Å². The zero-order valence-corrected chi connectivity index (χ0v) is 23.8. The van der Waals surface area contributed by atoms with Gasteiger partial charge in [0, 0.05) is 20.0 Å². The molecule has 2 aliphatic heterocycles. The molecule has 214 valence electrons. The second kappa shape index (κ2) is 11.2. The molecule has 2 saturated heterocycles. The van der Waals surface area contributed by atoms with Crippen molar-refractivity contribution in [1.29, 1.82) is 0 Å². The average Bonchev–Trinajstić information content (AvgIpc) is 3.41. The van der Waals surface area contributed by atoms with Crippen molar-refractivity contribution in [3.05, 3.63) is 59.7 Å². The Morgan fingerprint density at radius 2 is 1.41 bits per heavy atom. The molecule has 2 aromatic carbocycles. The van der Waals surface area contributed by atoms with Crippen LogP contribution >= 0.6 is 0 Å². The molecule has 0 unspecified atom stereocenters. The van der Waals surface area contributed by atoms with E-state index in [1.54, 1.807) is 24.3 Å². The number of hydrogen-bond donors (Lipinski definition) is 0. The van der Waals surface area contributed by atoms with Crippen molar-refractivity contribution in [1.82, 2.24) is 0 Å². The van der Waals surface area contributed by atoms with Gasteiger partial charge in [-0.15, -0.1) is 0 Å². The summed E-state index contributed by atoms with van der Waals surface area (Å²) in [5.74, 6) is -0.759. The summed E-state index contributed by atoms with van der Waals surface area (Å²) >= 11 is 0. The van der Waals surface area contributed by atoms with E-state index in [0.29, 0.717) is 0 Å². The highest BCUT2D eigenvalue weighted by atomic mass is 32.2. The maximum absolute atomic E-state index is 13.2. The monoisotopic (exact) mass is 582 g/mol. The van der Waals surface area contributed by atoms with E-state index in [2.05, 4.69) is 0 Å². The highest BCUT2D eigenvalue weighted by Crippen LogP contribution is 2.46. The van der Waals surface area contributed by atoms with Crippen LogP contribution in [-0.2, 0) is 47.5 Å². The van der Waals surface area contributed by atoms with Gasteiger partial charge in [0.05, 0.1) is 16.4 Å². The second-order valence-electron chi connectivity index (χ2n) is 10.3. The molecule has 1 saturated carbocycles. The third-order valence-corrected chi connectivity index (χ3v) is 10.0. The summed E-state index contributed by atoms with van der Waals surface area (Å²) in [5, 5.41) is 0. The van der Waals surface area contributed by atoms with Crippen molar-refractivity contribution in [2.24, 2.45) is 0 Å². The number of rotatable bonds is 9. The van der Waals surface area contributed by atoms with E-state index in [1.807, 2.05) is 13.8 Å². The minimum absolute atomic E-state index is 0.0633. The Labute approximate surface area is 229 Å². The molecule has 0 radical (unpaired) electrons. The van der Waals surface area contributed by atoms with Crippen LogP contribution in [0.3, 0.4) is 0 Å². The van der Waals surface area contributed by atoms with Crippen LogP contribution in [0.15, 0.2) is 58.3 Å². The van der Waals surface area contributed by atoms with Gasteiger partial charge in [-0.2, -0.15) is 16.8 Å². The van der Waals surface area contributed by atoms with Crippen LogP contribution in [0.2, 0.25) is 0 Å². The second-order valence-corrected chi connectivity index (χ2v) is 13.5. The molecule has 0 bridgehead atoms. The van der Waals surface area contributed by atoms with Gasteiger partial charge in [-0.05, 0) is 51.0 Å². The molecule has 5 rings (SSSR count). The van der Waals surface area contributed by atoms with E-state index in [9.17, 15) is 16.8 Å². The van der Waals surface area contributed by atoms with Gasteiger partial charge in [0.25, 0.3) is 20.2 Å². The molecule has 5 atom stereocenters. The van der Waals surface area contributed by atoms with Crippen molar-refractivity contribution in [2.75, 3.05) is 13.7 Å². The van der Waals surface area contributed by atoms with Gasteiger partial charge in [-0.1, -0.05) is 41.8 Å². The fraction of sp³-hybridized carbons (Fsp3) is 0.556. The quantitative estimate of drug-likeness (QED) is 0.405. The zero-order chi connectivity index (χ0) is 27.8. The predicted molar refractivity (Wildman–Crippen MR) is 139 cm³/mol. The van der Waals surface area contributed by atoms with Crippen LogP contribution < -0.4 is 0 Å². The van der Waals surface area contributed by atoms with E-state index in [0.717, 1.165) is 43.2 Å². The fourth-order valence-corrected chi connectivity index (χ4v) is 7.27. The molecule has 1 aliphatic carbocycles. The van der Waals surface area contributed by atoms with E-state index >= 15 is 0 Å². The molecule has 12 heteroatoms. The molecule has 0 N–H and O–H groups in total. The maximum Gasteiger partial charge on any atom is 0.297 e. The lowest BCUT2D eigenvalue weighted by Gasteiger charge is -2.35. The van der Waals surface area contributed by atoms with Gasteiger partial charge in [-0.25, -0.2) is 0 Å². The Bertz CT molecular complexity index is 1350. The van der Waals surface area contributed by atoms with Crippen LogP contribution in [0.25, 0.3) is 0 Å². The van der Waals surface area contributed by atoms with Crippen molar-refractivity contribution in [2.45, 2.75) is 92.2 Å². The van der Waals surface area contributed by atoms with Crippen molar-refractivity contribution in [3.8, 4) is 0 Å². The fourth-order valence-electron chi connectivity index (χ4n) is 5.28. The lowest BCUT2D eigenvalue weighted by molar-refractivity contribution is -0.254. The first kappa shape index (κ1) is 28.6. The summed E-state index contributed by atoms with van der Waals surface area (Å²) in [6.45, 7) is 3.02. The number of ether oxygens (including phenoxy) is 4. The molecule has 2 heterocycles. The van der Waals surface area contributed by atoms with Crippen molar-refractivity contribution >= 4 is 20.2 Å². The summed E-state index contributed by atoms with van der Waals surface area (Å²) in [6.07, 6.45) is -0.215. The number of methoxy groups -OCH3 is 1. The van der Waals surface area contributed by atoms with E-state index in [1.165, 1.54) is 31.4 Å². The van der Waals surface area contributed by atoms with Gasteiger partial charge < -0.3 is 18.9 Å². The molecule has 10 nitrogen and oxygen atoms in total. The Kier molecular flexibility index (Phi) is 8.20. The van der Waals surface area contributed by atoms with Crippen LogP contribution in [0.5, 0.6) is 0 Å². The highest BCUT2D eigenvalue weighted by molar-refractivity contribution is 7.87. The molecule has 3 aliphatic rings. The minimum Gasteiger partial charge on any atom is -0.376 e. The smallest absolute Gasteiger partial charge is 0.297 e. The van der Waals surface area contributed by atoms with Crippen LogP contribution in [0.1, 0.15) is 43.2 Å². The SMILES string of the molecule is CO[C@@H]1[C@H]([C@H](COS(=O)(=O)c2ccc(C)cc2)OS(=O)(=O)c2ccc(C)cc2)O[C@@H]2OC3(CCCCC3)O[C@@H]21. The lowest BCUT2D eigenvalue weighted by Crippen LogP contribution is -2.47. The highest BCUT2D eigenvalue weighted by Gasteiger charge is 2.60. The predicted octanol–water partition coefficient (Wildman–Crippen LogP) is 3.60. The molecular weight excluding hydrogens is 548 g/mol. The Balaban J connectivity index is 1.40. The summed E-state index contributed by atoms with van der Waals surface area (Å²) in [5.41, 5.74) is 1.75. The zero-order valence-electron chi connectivity index (χ0n) is 22.1. The van der Waals surface area contributed by atoms with Crippen LogP contribution in [-0.4, -0.2) is 67.0 Å². The number of aryl methyl sites for hydroxylation is 2. The third kappa shape index (κ3) is 6.08. The standard InChI is InChI=1S/C27H34O10S2/c1-18-7-11-20(12-8-18)38(28,29)33-17-22(37-39(30,31)21-13-9-19(2)10-14-21)23-24(32-3)25-26(34-23)36-27(35-25)15-5-4-6-16-27/h7-14,22-26H,4-6,15-17H2,1-3H3/t22-,23-,24+,25+,26+/m0/s1. The van der Waals surface area contributed by atoms with E-state index in [4.69, 9.17) is 27.3 Å². The third-order valence-electron chi connectivity index (χ3n) is 7.40. The number of benzene rings is 2. The summed E-state index contributed by atoms with van der Waals surface area (Å²) in [6, 6.07) is 12.2. The maximum atomic E-state index is 13.2. The average molecular weight is 583 g/mol. The van der Waals surface area contributed by atoms with Gasteiger partial charge in [0.15, 0.2) is 12.1 Å². The van der Waals surface area contributed by atoms with Gasteiger partial charge in [-0.3, -0.25) is 8.37 Å². The van der Waals surface area contributed by atoms with Crippen LogP contribution in [0.4, 0.5) is 0 Å². The first-order chi connectivity index (χ1) is 18.5. The molecule has 39 heavy (non-hydrogen) atoms. The lowest BCUT2D eigenvalue weighted by atomic mass is 9.94. The summed E-state index contributed by atoms with van der Waals surface area (Å²) < 4.78 is 87.6. The molecular formula is C27H34O10S2. The number of hydrogen-bond acceptors (Lipinski definition) is 10. The van der Waals surface area contributed by atoms with E-state index in [-0.39, 0.29) is 9.79 Å². The van der Waals surface area contributed by atoms with Crippen molar-refractivity contribution in [3.63, 3.8) is 0 Å². The Morgan fingerprint density at radius 1 is 0.846 bits per heavy atom. The first-order valence-electron chi connectivity index (χ1n) is 13.0. The van der Waals surface area contributed by atoms with Crippen LogP contribution in [0, 0.1) is 13.8 Å². The molecule has 2 aromatic rings. The molecule has 1 spiro atoms. The normalized spacial score (nSPS) is 27.5. The minimum atomic E-state index is -4.33. The Morgan fingerprint density at radius 3 is 1.97 bits per heavy atom. The molecule has 3 fully saturated rings. The number of fused-ring (bicyclic) bond motifs is 1. The molecule has 0 amide bonds. The Hall–Kier alpha value is -1.90. The summed E-state index contributed by atoms with van der Waals surface area (Å²) in [4.78, 5) is -0.146. The molecule has 0 aromatic heterocycles. The van der Waals surface area contributed by atoms with E-state index < -0.39 is 63.3 Å². The first-order valence-corrected chi connectivity index (χ1v) is 15.8. The topological polar surface area (TPSA) is 124 Å². The van der Waals surface area contributed by atoms with Crippen molar-refractivity contribution < 1.29 is 44.1 Å². The summed E-state index contributed by atoms with van der Waals surface area (Å²) in [7, 11) is -7.10. The largest absolute Gasteiger partial charge is 0.376 e. The van der Waals surface area contributed by atoms with Gasteiger partial charge in [0.1, 0.15) is 24.4 Å².